The number of hydrogen-bond donors (Lipinski definition) is 1. The highest BCUT2D eigenvalue weighted by molar-refractivity contribution is 7.15. The first kappa shape index (κ1) is 20.5. The molecule has 1 atom stereocenters. The molecule has 2 aromatic carbocycles. The van der Waals surface area contributed by atoms with Crippen LogP contribution < -0.4 is 16.2 Å². The van der Waals surface area contributed by atoms with Crippen molar-refractivity contribution in [3.05, 3.63) is 86.1 Å². The highest BCUT2D eigenvalue weighted by Crippen LogP contribution is 2.36. The summed E-state index contributed by atoms with van der Waals surface area (Å²) < 4.78 is 8.95. The van der Waals surface area contributed by atoms with Crippen LogP contribution in [0.15, 0.2) is 53.3 Å². The third kappa shape index (κ3) is 3.49. The van der Waals surface area contributed by atoms with Crippen molar-refractivity contribution in [3.63, 3.8) is 0 Å². The monoisotopic (exact) mass is 467 g/mol. The zero-order valence-electron chi connectivity index (χ0n) is 17.0. The first-order chi connectivity index (χ1) is 15.4. The Morgan fingerprint density at radius 3 is 2.72 bits per heavy atom. The van der Waals surface area contributed by atoms with Crippen LogP contribution in [0.25, 0.3) is 5.69 Å². The zero-order chi connectivity index (χ0) is 22.4. The van der Waals surface area contributed by atoms with Crippen LogP contribution in [0.2, 0.25) is 5.02 Å². The number of hydrogen-bond acceptors (Lipinski definition) is 6. The number of aromatic nitrogens is 4. The maximum absolute atomic E-state index is 13.2. The number of fused-ring (bicyclic) bond motifs is 1. The molecular formula is C22H18ClN5O3S. The standard InChI is InChI=1S/C22H18ClN5O3S/c1-12-21(32-20(25-12)19(24)29)31-17-9-7-14(11-15(17)23)28-22(30)27-16(8-10-18(27)26-28)13-5-3-2-4-6-13/h2-7,9,11,16H,8,10H2,1H3,(H2,24,29)/t16-/m0/s1. The first-order valence-corrected chi connectivity index (χ1v) is 11.1. The van der Waals surface area contributed by atoms with Crippen LogP contribution in [0, 0.1) is 6.92 Å². The van der Waals surface area contributed by atoms with Crippen LogP contribution in [0.1, 0.15) is 39.3 Å². The maximum Gasteiger partial charge on any atom is 0.351 e. The van der Waals surface area contributed by atoms with E-state index in [9.17, 15) is 9.59 Å². The van der Waals surface area contributed by atoms with Gasteiger partial charge in [-0.25, -0.2) is 9.78 Å². The van der Waals surface area contributed by atoms with E-state index in [1.165, 1.54) is 4.68 Å². The number of halogens is 1. The molecule has 2 N–H and O–H groups in total. The van der Waals surface area contributed by atoms with Crippen molar-refractivity contribution in [3.8, 4) is 16.5 Å². The molecule has 162 valence electrons. The normalized spacial score (nSPS) is 15.0. The molecule has 0 aliphatic carbocycles. The van der Waals surface area contributed by atoms with Gasteiger partial charge in [-0.05, 0) is 37.1 Å². The Balaban J connectivity index is 1.46. The van der Waals surface area contributed by atoms with Gasteiger partial charge in [0.05, 0.1) is 22.4 Å². The maximum atomic E-state index is 13.2. The van der Waals surface area contributed by atoms with Crippen molar-refractivity contribution in [1.29, 1.82) is 0 Å². The van der Waals surface area contributed by atoms with Gasteiger partial charge in [-0.15, -0.1) is 5.10 Å². The van der Waals surface area contributed by atoms with Gasteiger partial charge in [0.2, 0.25) is 5.06 Å². The van der Waals surface area contributed by atoms with Gasteiger partial charge in [-0.1, -0.05) is 53.3 Å². The van der Waals surface area contributed by atoms with Crippen molar-refractivity contribution >= 4 is 28.8 Å². The van der Waals surface area contributed by atoms with E-state index in [0.717, 1.165) is 35.6 Å². The van der Waals surface area contributed by atoms with Gasteiger partial charge in [0.15, 0.2) is 5.01 Å². The number of carbonyl (C=O) groups excluding carboxylic acids is 1. The molecule has 0 radical (unpaired) electrons. The second-order valence-corrected chi connectivity index (χ2v) is 8.79. The number of nitrogens with two attached hydrogens (primary N) is 1. The molecule has 8 nitrogen and oxygen atoms in total. The van der Waals surface area contributed by atoms with Crippen LogP contribution in [0.4, 0.5) is 0 Å². The van der Waals surface area contributed by atoms with Gasteiger partial charge in [-0.2, -0.15) is 4.68 Å². The van der Waals surface area contributed by atoms with Crippen LogP contribution in [0.5, 0.6) is 10.8 Å². The molecule has 1 aliphatic rings. The van der Waals surface area contributed by atoms with Gasteiger partial charge < -0.3 is 10.5 Å². The SMILES string of the molecule is Cc1nc(C(N)=O)sc1Oc1ccc(-n2nc3n(c2=O)[C@H](c2ccccc2)CC3)cc1Cl. The molecular weight excluding hydrogens is 450 g/mol. The average Bonchev–Trinajstić information content (AvgIpc) is 3.45. The molecule has 1 aliphatic heterocycles. The second-order valence-electron chi connectivity index (χ2n) is 7.42. The van der Waals surface area contributed by atoms with E-state index < -0.39 is 5.91 Å². The molecule has 5 rings (SSSR count). The summed E-state index contributed by atoms with van der Waals surface area (Å²) in [6.07, 6.45) is 1.57. The van der Waals surface area contributed by atoms with Gasteiger partial charge >= 0.3 is 5.69 Å². The highest BCUT2D eigenvalue weighted by atomic mass is 35.5. The Kier molecular flexibility index (Phi) is 5.07. The third-order valence-corrected chi connectivity index (χ3v) is 6.69. The van der Waals surface area contributed by atoms with Gasteiger partial charge in [0.1, 0.15) is 11.6 Å². The smallest absolute Gasteiger partial charge is 0.351 e. The number of primary amides is 1. The van der Waals surface area contributed by atoms with E-state index in [1.54, 1.807) is 29.7 Å². The van der Waals surface area contributed by atoms with Crippen LogP contribution in [-0.4, -0.2) is 25.2 Å². The summed E-state index contributed by atoms with van der Waals surface area (Å²) in [6.45, 7) is 1.72. The number of nitrogens with zero attached hydrogens (tertiary/aromatic N) is 4. The van der Waals surface area contributed by atoms with Crippen molar-refractivity contribution in [2.45, 2.75) is 25.8 Å². The number of benzene rings is 2. The molecule has 0 saturated heterocycles. The lowest BCUT2D eigenvalue weighted by Crippen LogP contribution is -2.26. The van der Waals surface area contributed by atoms with Crippen molar-refractivity contribution in [2.24, 2.45) is 5.73 Å². The molecule has 0 saturated carbocycles. The Morgan fingerprint density at radius 2 is 2.03 bits per heavy atom. The molecule has 0 spiro atoms. The van der Waals surface area contributed by atoms with Crippen molar-refractivity contribution in [2.75, 3.05) is 0 Å². The molecule has 0 bridgehead atoms. The van der Waals surface area contributed by atoms with E-state index in [4.69, 9.17) is 22.1 Å². The fourth-order valence-electron chi connectivity index (χ4n) is 3.84. The Morgan fingerprint density at radius 1 is 1.25 bits per heavy atom. The summed E-state index contributed by atoms with van der Waals surface area (Å²) in [5.74, 6) is 0.509. The summed E-state index contributed by atoms with van der Waals surface area (Å²) in [5.41, 5.74) is 7.24. The summed E-state index contributed by atoms with van der Waals surface area (Å²) in [5, 5.41) is 5.43. The number of thiazole rings is 1. The lowest BCUT2D eigenvalue weighted by Gasteiger charge is -2.12. The summed E-state index contributed by atoms with van der Waals surface area (Å²) in [6, 6.07) is 14.9. The molecule has 10 heteroatoms. The van der Waals surface area contributed by atoms with E-state index in [0.29, 0.717) is 27.2 Å². The van der Waals surface area contributed by atoms with Gasteiger partial charge in [-0.3, -0.25) is 9.36 Å². The van der Waals surface area contributed by atoms with Gasteiger partial charge in [0.25, 0.3) is 5.91 Å². The fourth-order valence-corrected chi connectivity index (χ4v) is 4.84. The first-order valence-electron chi connectivity index (χ1n) is 9.93. The number of rotatable bonds is 5. The molecule has 2 aromatic heterocycles. The van der Waals surface area contributed by atoms with Crippen molar-refractivity contribution < 1.29 is 9.53 Å². The minimum atomic E-state index is -0.615. The topological polar surface area (TPSA) is 105 Å². The molecule has 3 heterocycles. The number of aryl methyl sites for hydroxylation is 2. The quantitative estimate of drug-likeness (QED) is 0.479. The molecule has 4 aromatic rings. The van der Waals surface area contributed by atoms with E-state index in [2.05, 4.69) is 10.1 Å². The van der Waals surface area contributed by atoms with Crippen LogP contribution in [-0.2, 0) is 6.42 Å². The van der Waals surface area contributed by atoms with E-state index in [1.807, 2.05) is 30.3 Å². The Labute approximate surface area is 191 Å². The lowest BCUT2D eigenvalue weighted by molar-refractivity contribution is 0.1000. The molecule has 0 fully saturated rings. The average molecular weight is 468 g/mol. The van der Waals surface area contributed by atoms with Gasteiger partial charge in [0, 0.05) is 6.42 Å². The number of ether oxygens (including phenoxy) is 1. The molecule has 1 amide bonds. The Bertz CT molecular complexity index is 1390. The second kappa shape index (κ2) is 7.92. The van der Waals surface area contributed by atoms with E-state index >= 15 is 0 Å². The minimum absolute atomic E-state index is 0.0284. The predicted molar refractivity (Wildman–Crippen MR) is 121 cm³/mol. The zero-order valence-corrected chi connectivity index (χ0v) is 18.6. The van der Waals surface area contributed by atoms with Crippen LogP contribution >= 0.6 is 22.9 Å². The minimum Gasteiger partial charge on any atom is -0.443 e. The number of amides is 1. The van der Waals surface area contributed by atoms with E-state index in [-0.39, 0.29) is 16.7 Å². The summed E-state index contributed by atoms with van der Waals surface area (Å²) in [4.78, 5) is 28.6. The Hall–Kier alpha value is -3.43. The predicted octanol–water partition coefficient (Wildman–Crippen LogP) is 3.88. The van der Waals surface area contributed by atoms with Crippen LogP contribution in [0.3, 0.4) is 0 Å². The van der Waals surface area contributed by atoms with Crippen molar-refractivity contribution in [1.82, 2.24) is 19.3 Å². The summed E-state index contributed by atoms with van der Waals surface area (Å²) in [7, 11) is 0. The molecule has 32 heavy (non-hydrogen) atoms. The fraction of sp³-hybridized carbons (Fsp3) is 0.182. The number of carbonyl (C=O) groups is 1. The summed E-state index contributed by atoms with van der Waals surface area (Å²) >= 11 is 7.49. The highest BCUT2D eigenvalue weighted by Gasteiger charge is 2.29. The lowest BCUT2D eigenvalue weighted by atomic mass is 10.1. The largest absolute Gasteiger partial charge is 0.443 e. The third-order valence-electron chi connectivity index (χ3n) is 5.35. The molecule has 0 unspecified atom stereocenters.